The number of methoxy groups -OCH3 is 1. The summed E-state index contributed by atoms with van der Waals surface area (Å²) in [6.45, 7) is 8.71. The second-order valence-corrected chi connectivity index (χ2v) is 8.33. The molecule has 1 saturated heterocycles. The van der Waals surface area contributed by atoms with Crippen molar-refractivity contribution in [3.05, 3.63) is 11.8 Å². The Bertz CT molecular complexity index is 559. The molecule has 2 heterocycles. The molecule has 1 aliphatic heterocycles. The number of rotatable bonds is 4. The summed E-state index contributed by atoms with van der Waals surface area (Å²) in [5.74, 6) is 2.73. The van der Waals surface area contributed by atoms with E-state index in [1.165, 1.54) is 0 Å². The van der Waals surface area contributed by atoms with E-state index in [0.717, 1.165) is 29.4 Å². The van der Waals surface area contributed by atoms with Crippen LogP contribution in [0.5, 0.6) is 0 Å². The Balaban J connectivity index is 2.07. The first-order valence-electron chi connectivity index (χ1n) is 7.89. The molecule has 2 rings (SSSR count). The average Bonchev–Trinajstić information content (AvgIpc) is 3.05. The molecule has 6 nitrogen and oxygen atoms in total. The molecule has 1 unspecified atom stereocenters. The van der Waals surface area contributed by atoms with E-state index in [0.29, 0.717) is 6.54 Å². The number of nitrogens with one attached hydrogen (secondary N) is 1. The number of carbonyl (C=O) groups is 1. The van der Waals surface area contributed by atoms with Crippen LogP contribution >= 0.6 is 11.8 Å². The van der Waals surface area contributed by atoms with Crippen molar-refractivity contribution >= 4 is 23.6 Å². The maximum absolute atomic E-state index is 12.6. The van der Waals surface area contributed by atoms with Crippen molar-refractivity contribution in [3.63, 3.8) is 0 Å². The van der Waals surface area contributed by atoms with Gasteiger partial charge in [-0.1, -0.05) is 0 Å². The van der Waals surface area contributed by atoms with Gasteiger partial charge in [-0.3, -0.25) is 5.32 Å². The highest BCUT2D eigenvalue weighted by molar-refractivity contribution is 7.99. The van der Waals surface area contributed by atoms with Gasteiger partial charge in [0.2, 0.25) is 0 Å². The molecule has 0 aliphatic carbocycles. The van der Waals surface area contributed by atoms with E-state index < -0.39 is 0 Å². The minimum absolute atomic E-state index is 0.135. The number of anilines is 1. The molecule has 2 amide bonds. The highest BCUT2D eigenvalue weighted by atomic mass is 32.2. The highest BCUT2D eigenvalue weighted by Crippen LogP contribution is 2.31. The summed E-state index contributed by atoms with van der Waals surface area (Å²) in [6.07, 6.45) is 0.977. The van der Waals surface area contributed by atoms with Crippen LogP contribution in [0.3, 0.4) is 0 Å². The second kappa shape index (κ2) is 6.73. The molecule has 130 valence electrons. The maximum atomic E-state index is 12.6. The summed E-state index contributed by atoms with van der Waals surface area (Å²) in [4.78, 5) is 14.3. The molecule has 1 fully saturated rings. The summed E-state index contributed by atoms with van der Waals surface area (Å²) in [6, 6.07) is 1.76. The third-order valence-electron chi connectivity index (χ3n) is 4.07. The van der Waals surface area contributed by atoms with Crippen LogP contribution < -0.4 is 5.32 Å². The number of urea groups is 1. The van der Waals surface area contributed by atoms with E-state index >= 15 is 0 Å². The molecule has 0 spiro atoms. The molecular weight excluding hydrogens is 312 g/mol. The fourth-order valence-corrected chi connectivity index (χ4v) is 4.13. The number of thioether (sulfide) groups is 1. The molecule has 0 radical (unpaired) electrons. The monoisotopic (exact) mass is 340 g/mol. The molecular formula is C16H28N4O2S. The first kappa shape index (κ1) is 18.1. The van der Waals surface area contributed by atoms with Gasteiger partial charge in [-0.15, -0.1) is 0 Å². The van der Waals surface area contributed by atoms with Crippen LogP contribution in [0.25, 0.3) is 0 Å². The molecule has 1 aliphatic rings. The van der Waals surface area contributed by atoms with Crippen LogP contribution in [-0.2, 0) is 10.3 Å². The number of aryl methyl sites for hydroxylation is 1. The Labute approximate surface area is 142 Å². The summed E-state index contributed by atoms with van der Waals surface area (Å²) in [5, 5.41) is 7.46. The molecule has 0 aromatic carbocycles. The minimum Gasteiger partial charge on any atom is -0.375 e. The summed E-state index contributed by atoms with van der Waals surface area (Å²) in [7, 11) is 3.54. The minimum atomic E-state index is -0.225. The number of aromatic nitrogens is 2. The Kier molecular flexibility index (Phi) is 5.30. The van der Waals surface area contributed by atoms with Crippen LogP contribution in [-0.4, -0.2) is 58.5 Å². The fourth-order valence-electron chi connectivity index (χ4n) is 2.75. The molecule has 0 bridgehead atoms. The summed E-state index contributed by atoms with van der Waals surface area (Å²) < 4.78 is 7.54. The van der Waals surface area contributed by atoms with E-state index in [2.05, 4.69) is 31.2 Å². The van der Waals surface area contributed by atoms with Gasteiger partial charge in [-0.25, -0.2) is 9.48 Å². The molecule has 1 atom stereocenters. The largest absolute Gasteiger partial charge is 0.375 e. The van der Waals surface area contributed by atoms with Crippen molar-refractivity contribution in [3.8, 4) is 0 Å². The van der Waals surface area contributed by atoms with Gasteiger partial charge in [-0.05, 0) is 39.9 Å². The first-order valence-corrected chi connectivity index (χ1v) is 9.04. The molecule has 7 heteroatoms. The van der Waals surface area contributed by atoms with E-state index in [1.54, 1.807) is 12.0 Å². The third kappa shape index (κ3) is 4.20. The zero-order valence-electron chi connectivity index (χ0n) is 15.0. The van der Waals surface area contributed by atoms with Gasteiger partial charge in [0, 0.05) is 26.0 Å². The normalized spacial score (nSPS) is 21.5. The number of ether oxygens (including phenoxy) is 1. The number of carbonyl (C=O) groups excluding carboxylic acids is 1. The smallest absolute Gasteiger partial charge is 0.322 e. The summed E-state index contributed by atoms with van der Waals surface area (Å²) in [5.41, 5.74) is 0.473. The van der Waals surface area contributed by atoms with Gasteiger partial charge in [0.15, 0.2) is 0 Å². The van der Waals surface area contributed by atoms with E-state index in [1.807, 2.05) is 36.5 Å². The maximum Gasteiger partial charge on any atom is 0.322 e. The summed E-state index contributed by atoms with van der Waals surface area (Å²) >= 11 is 1.87. The lowest BCUT2D eigenvalue weighted by Crippen LogP contribution is -2.47. The van der Waals surface area contributed by atoms with Crippen molar-refractivity contribution in [2.75, 3.05) is 37.5 Å². The standard InChI is InChI=1S/C16H28N4O2S/c1-12-9-13(20(18-12)15(2,3)4)17-14(21)19(5)10-16(22-6)7-8-23-11-16/h9H,7-8,10-11H2,1-6H3,(H,17,21). The average molecular weight is 340 g/mol. The highest BCUT2D eigenvalue weighted by Gasteiger charge is 2.36. The Morgan fingerprint density at radius 1 is 1.57 bits per heavy atom. The van der Waals surface area contributed by atoms with Crippen molar-refractivity contribution in [1.29, 1.82) is 0 Å². The Morgan fingerprint density at radius 3 is 2.78 bits per heavy atom. The lowest BCUT2D eigenvalue weighted by atomic mass is 10.0. The van der Waals surface area contributed by atoms with Crippen LogP contribution in [0.4, 0.5) is 10.6 Å². The number of hydrogen-bond acceptors (Lipinski definition) is 4. The van der Waals surface area contributed by atoms with Gasteiger partial charge in [0.1, 0.15) is 5.82 Å². The molecule has 1 aromatic heterocycles. The second-order valence-electron chi connectivity index (χ2n) is 7.23. The molecule has 23 heavy (non-hydrogen) atoms. The predicted octanol–water partition coefficient (Wildman–Crippen LogP) is 2.93. The van der Waals surface area contributed by atoms with Gasteiger partial charge in [0.25, 0.3) is 0 Å². The quantitative estimate of drug-likeness (QED) is 0.915. The van der Waals surface area contributed by atoms with E-state index in [-0.39, 0.29) is 17.2 Å². The SMILES string of the molecule is COC1(CN(C)C(=O)Nc2cc(C)nn2C(C)(C)C)CCSC1. The lowest BCUT2D eigenvalue weighted by Gasteiger charge is -2.32. The number of hydrogen-bond donors (Lipinski definition) is 1. The fraction of sp³-hybridized carbons (Fsp3) is 0.750. The van der Waals surface area contributed by atoms with E-state index in [9.17, 15) is 4.79 Å². The van der Waals surface area contributed by atoms with Crippen molar-refractivity contribution < 1.29 is 9.53 Å². The first-order chi connectivity index (χ1) is 10.7. The van der Waals surface area contributed by atoms with Gasteiger partial charge in [0.05, 0.1) is 23.4 Å². The van der Waals surface area contributed by atoms with Crippen LogP contribution in [0, 0.1) is 6.92 Å². The van der Waals surface area contributed by atoms with Crippen molar-refractivity contribution in [2.45, 2.75) is 45.3 Å². The van der Waals surface area contributed by atoms with Crippen LogP contribution in [0.1, 0.15) is 32.9 Å². The molecule has 1 N–H and O–H groups in total. The van der Waals surface area contributed by atoms with Gasteiger partial charge >= 0.3 is 6.03 Å². The molecule has 0 saturated carbocycles. The third-order valence-corrected chi connectivity index (χ3v) is 5.30. The van der Waals surface area contributed by atoms with Crippen molar-refractivity contribution in [1.82, 2.24) is 14.7 Å². The van der Waals surface area contributed by atoms with Crippen LogP contribution in [0.2, 0.25) is 0 Å². The number of nitrogens with zero attached hydrogens (tertiary/aromatic N) is 3. The topological polar surface area (TPSA) is 59.4 Å². The molecule has 1 aromatic rings. The zero-order chi connectivity index (χ0) is 17.3. The van der Waals surface area contributed by atoms with E-state index in [4.69, 9.17) is 4.74 Å². The van der Waals surface area contributed by atoms with Crippen LogP contribution in [0.15, 0.2) is 6.07 Å². The van der Waals surface area contributed by atoms with Gasteiger partial charge < -0.3 is 9.64 Å². The Morgan fingerprint density at radius 2 is 2.26 bits per heavy atom. The lowest BCUT2D eigenvalue weighted by molar-refractivity contribution is -0.00287. The van der Waals surface area contributed by atoms with Crippen molar-refractivity contribution in [2.24, 2.45) is 0 Å². The Hall–Kier alpha value is -1.21. The number of likely N-dealkylation sites (N-methyl/N-ethyl adjacent to an activating group) is 1. The predicted molar refractivity (Wildman–Crippen MR) is 95.3 cm³/mol. The number of amides is 2. The van der Waals surface area contributed by atoms with Gasteiger partial charge in [-0.2, -0.15) is 16.9 Å². The zero-order valence-corrected chi connectivity index (χ0v) is 15.8.